The van der Waals surface area contributed by atoms with Gasteiger partial charge in [-0.05, 0) is 38.4 Å². The van der Waals surface area contributed by atoms with E-state index in [4.69, 9.17) is 15.2 Å². The summed E-state index contributed by atoms with van der Waals surface area (Å²) in [5, 5.41) is 13.1. The van der Waals surface area contributed by atoms with Crippen LogP contribution >= 0.6 is 0 Å². The number of hydrogen-bond acceptors (Lipinski definition) is 6. The van der Waals surface area contributed by atoms with Gasteiger partial charge >= 0.3 is 0 Å². The van der Waals surface area contributed by atoms with Gasteiger partial charge in [0.2, 0.25) is 12.7 Å². The predicted octanol–water partition coefficient (Wildman–Crippen LogP) is 0.0545. The molecule has 0 spiro atoms. The first kappa shape index (κ1) is 16.5. The lowest BCUT2D eigenvalue weighted by molar-refractivity contribution is -0.144. The van der Waals surface area contributed by atoms with Crippen molar-refractivity contribution < 1.29 is 24.2 Å². The number of carbonyl (C=O) groups excluding carboxylic acids is 2. The maximum Gasteiger partial charge on any atom is 0.250 e. The summed E-state index contributed by atoms with van der Waals surface area (Å²) < 4.78 is 10.5. The minimum absolute atomic E-state index is 0.0536. The van der Waals surface area contributed by atoms with E-state index < -0.39 is 17.6 Å². The van der Waals surface area contributed by atoms with Gasteiger partial charge in [-0.15, -0.1) is 0 Å². The number of anilines is 1. The molecular weight excluding hydrogens is 314 g/mol. The zero-order chi connectivity index (χ0) is 17.3. The molecule has 1 fully saturated rings. The van der Waals surface area contributed by atoms with Crippen LogP contribution in [0, 0.1) is 0 Å². The van der Waals surface area contributed by atoms with E-state index in [2.05, 4.69) is 5.32 Å². The van der Waals surface area contributed by atoms with Crippen molar-refractivity contribution in [3.63, 3.8) is 0 Å². The molecule has 0 aliphatic carbocycles. The summed E-state index contributed by atoms with van der Waals surface area (Å²) in [6.45, 7) is 2.57. The van der Waals surface area contributed by atoms with E-state index in [0.29, 0.717) is 36.6 Å². The molecule has 130 valence electrons. The molecule has 0 bridgehead atoms. The van der Waals surface area contributed by atoms with Gasteiger partial charge < -0.3 is 25.6 Å². The number of likely N-dealkylation sites (tertiary alicyclic amines) is 1. The van der Waals surface area contributed by atoms with Crippen LogP contribution in [0.1, 0.15) is 19.8 Å². The summed E-state index contributed by atoms with van der Waals surface area (Å²) in [5.41, 5.74) is 4.29. The molecule has 2 unspecified atom stereocenters. The second-order valence-corrected chi connectivity index (χ2v) is 6.20. The number of primary amides is 1. The molecule has 2 aliphatic rings. The normalized spacial score (nSPS) is 24.4. The highest BCUT2D eigenvalue weighted by Crippen LogP contribution is 2.34. The Morgan fingerprint density at radius 3 is 2.88 bits per heavy atom. The number of hydrogen-bond donors (Lipinski definition) is 3. The molecule has 1 saturated heterocycles. The third-order valence-corrected chi connectivity index (χ3v) is 4.53. The van der Waals surface area contributed by atoms with E-state index in [-0.39, 0.29) is 19.2 Å². The Labute approximate surface area is 139 Å². The molecule has 4 N–H and O–H groups in total. The van der Waals surface area contributed by atoms with Crippen LogP contribution in [0.15, 0.2) is 18.2 Å². The topological polar surface area (TPSA) is 114 Å². The quantitative estimate of drug-likeness (QED) is 0.717. The van der Waals surface area contributed by atoms with Crippen molar-refractivity contribution in [3.05, 3.63) is 18.2 Å². The third-order valence-electron chi connectivity index (χ3n) is 4.53. The number of nitrogens with zero attached hydrogens (tertiary/aromatic N) is 1. The van der Waals surface area contributed by atoms with Crippen LogP contribution in [0.2, 0.25) is 0 Å². The lowest BCUT2D eigenvalue weighted by Gasteiger charge is -2.39. The zero-order valence-corrected chi connectivity index (χ0v) is 13.4. The highest BCUT2D eigenvalue weighted by Gasteiger charge is 2.41. The lowest BCUT2D eigenvalue weighted by atomic mass is 9.91. The summed E-state index contributed by atoms with van der Waals surface area (Å²) in [4.78, 5) is 25.7. The molecule has 2 atom stereocenters. The highest BCUT2D eigenvalue weighted by molar-refractivity contribution is 5.95. The van der Waals surface area contributed by atoms with Gasteiger partial charge in [0.25, 0.3) is 5.91 Å². The number of rotatable bonds is 4. The average Bonchev–Trinajstić information content (AvgIpc) is 3.01. The molecule has 1 aromatic rings. The molecule has 1 aromatic carbocycles. The summed E-state index contributed by atoms with van der Waals surface area (Å²) in [6, 6.07) is 4.65. The van der Waals surface area contributed by atoms with E-state index in [1.807, 2.05) is 0 Å². The molecule has 2 heterocycles. The van der Waals surface area contributed by atoms with Gasteiger partial charge in [0, 0.05) is 18.3 Å². The van der Waals surface area contributed by atoms with Crippen molar-refractivity contribution in [2.24, 2.45) is 5.73 Å². The van der Waals surface area contributed by atoms with Crippen molar-refractivity contribution in [3.8, 4) is 11.5 Å². The fourth-order valence-corrected chi connectivity index (χ4v) is 2.99. The Hall–Kier alpha value is -2.32. The summed E-state index contributed by atoms with van der Waals surface area (Å²) >= 11 is 0. The molecule has 0 aromatic heterocycles. The van der Waals surface area contributed by atoms with Crippen molar-refractivity contribution in [2.45, 2.75) is 31.4 Å². The summed E-state index contributed by atoms with van der Waals surface area (Å²) in [7, 11) is 0. The summed E-state index contributed by atoms with van der Waals surface area (Å²) in [6.07, 6.45) is 0.913. The van der Waals surface area contributed by atoms with Gasteiger partial charge in [0.1, 0.15) is 0 Å². The predicted molar refractivity (Wildman–Crippen MR) is 85.6 cm³/mol. The number of aliphatic hydroxyl groups is 1. The summed E-state index contributed by atoms with van der Waals surface area (Å²) in [5.74, 6) is 0.239. The number of amides is 2. The van der Waals surface area contributed by atoms with Crippen LogP contribution in [0.3, 0.4) is 0 Å². The molecule has 2 aliphatic heterocycles. The number of β-amino-alcohol motifs (C(OH)–C–C–N with tert-alkyl or cyclic N) is 1. The van der Waals surface area contributed by atoms with E-state index in [9.17, 15) is 14.7 Å². The first-order valence-electron chi connectivity index (χ1n) is 7.86. The first-order valence-corrected chi connectivity index (χ1v) is 7.86. The van der Waals surface area contributed by atoms with E-state index >= 15 is 0 Å². The molecule has 8 nitrogen and oxygen atoms in total. The van der Waals surface area contributed by atoms with E-state index in [1.165, 1.54) is 0 Å². The van der Waals surface area contributed by atoms with Crippen LogP contribution in [0.4, 0.5) is 5.69 Å². The fraction of sp³-hybridized carbons (Fsp3) is 0.500. The van der Waals surface area contributed by atoms with E-state index in [1.54, 1.807) is 30.0 Å². The van der Waals surface area contributed by atoms with Gasteiger partial charge in [0.05, 0.1) is 6.04 Å². The molecule has 2 amide bonds. The Balaban J connectivity index is 1.65. The number of nitrogens with two attached hydrogens (primary N) is 1. The second kappa shape index (κ2) is 6.29. The van der Waals surface area contributed by atoms with Gasteiger partial charge in [-0.25, -0.2) is 0 Å². The smallest absolute Gasteiger partial charge is 0.250 e. The number of benzene rings is 1. The SMILES string of the molecule is CC(C(=O)Nc1ccc2c(c1)OCO2)N1CCCC(O)(C(N)=O)C1. The largest absolute Gasteiger partial charge is 0.454 e. The minimum atomic E-state index is -1.58. The molecule has 0 radical (unpaired) electrons. The number of ether oxygens (including phenoxy) is 2. The minimum Gasteiger partial charge on any atom is -0.454 e. The first-order chi connectivity index (χ1) is 11.4. The van der Waals surface area contributed by atoms with Gasteiger partial charge in [-0.3, -0.25) is 14.5 Å². The zero-order valence-electron chi connectivity index (χ0n) is 13.4. The van der Waals surface area contributed by atoms with E-state index in [0.717, 1.165) is 0 Å². The lowest BCUT2D eigenvalue weighted by Crippen LogP contribution is -2.59. The maximum atomic E-state index is 12.5. The van der Waals surface area contributed by atoms with Crippen LogP contribution in [0.25, 0.3) is 0 Å². The average molecular weight is 335 g/mol. The van der Waals surface area contributed by atoms with Crippen LogP contribution in [-0.4, -0.2) is 53.3 Å². The van der Waals surface area contributed by atoms with Gasteiger partial charge in [-0.1, -0.05) is 0 Å². The molecule has 24 heavy (non-hydrogen) atoms. The molecular formula is C16H21N3O5. The Morgan fingerprint density at radius 1 is 1.38 bits per heavy atom. The third kappa shape index (κ3) is 3.15. The van der Waals surface area contributed by atoms with Crippen molar-refractivity contribution in [1.82, 2.24) is 4.90 Å². The monoisotopic (exact) mass is 335 g/mol. The van der Waals surface area contributed by atoms with Crippen molar-refractivity contribution >= 4 is 17.5 Å². The number of carbonyl (C=O) groups is 2. The van der Waals surface area contributed by atoms with Gasteiger partial charge in [0.15, 0.2) is 17.1 Å². The molecule has 0 saturated carbocycles. The number of nitrogens with one attached hydrogen (secondary N) is 1. The Morgan fingerprint density at radius 2 is 2.12 bits per heavy atom. The maximum absolute atomic E-state index is 12.5. The highest BCUT2D eigenvalue weighted by atomic mass is 16.7. The Kier molecular flexibility index (Phi) is 4.33. The molecule has 3 rings (SSSR count). The standard InChI is InChI=1S/C16H21N3O5/c1-10(19-6-2-5-16(22,8-19)15(17)21)14(20)18-11-3-4-12-13(7-11)24-9-23-12/h3-4,7,10,22H,2,5-6,8-9H2,1H3,(H2,17,21)(H,18,20). The number of fused-ring (bicyclic) bond motifs is 1. The molecule has 8 heteroatoms. The van der Waals surface area contributed by atoms with Gasteiger partial charge in [-0.2, -0.15) is 0 Å². The van der Waals surface area contributed by atoms with Crippen LogP contribution in [-0.2, 0) is 9.59 Å². The number of piperidine rings is 1. The van der Waals surface area contributed by atoms with Crippen molar-refractivity contribution in [2.75, 3.05) is 25.2 Å². The van der Waals surface area contributed by atoms with Crippen LogP contribution < -0.4 is 20.5 Å². The van der Waals surface area contributed by atoms with Crippen molar-refractivity contribution in [1.29, 1.82) is 0 Å². The Bertz CT molecular complexity index is 665. The van der Waals surface area contributed by atoms with Crippen LogP contribution in [0.5, 0.6) is 11.5 Å². The second-order valence-electron chi connectivity index (χ2n) is 6.20. The fourth-order valence-electron chi connectivity index (χ4n) is 2.99.